The Hall–Kier alpha value is -1.16. The molecule has 12 heavy (non-hydrogen) atoms. The molecule has 1 aromatic heterocycles. The van der Waals surface area contributed by atoms with Gasteiger partial charge in [-0.15, -0.1) is 5.10 Å². The summed E-state index contributed by atoms with van der Waals surface area (Å²) in [5, 5.41) is 7.84. The second-order valence-electron chi connectivity index (χ2n) is 3.08. The minimum atomic E-state index is 0.298. The summed E-state index contributed by atoms with van der Waals surface area (Å²) in [7, 11) is 0. The maximum atomic E-state index is 5.77. The average Bonchev–Trinajstić information content (AvgIpc) is 2.54. The molecule has 0 amide bonds. The van der Waals surface area contributed by atoms with Crippen molar-refractivity contribution < 1.29 is 0 Å². The highest BCUT2D eigenvalue weighted by atomic mass is 15.3. The molecule has 0 radical (unpaired) electrons. The monoisotopic (exact) mass is 164 g/mol. The topological polar surface area (TPSA) is 55.0 Å². The van der Waals surface area contributed by atoms with Crippen molar-refractivity contribution in [1.29, 1.82) is 0 Å². The van der Waals surface area contributed by atoms with E-state index in [9.17, 15) is 0 Å². The summed E-state index contributed by atoms with van der Waals surface area (Å²) in [6, 6.07) is 4.16. The minimum Gasteiger partial charge on any atom is -0.354 e. The third-order valence-electron chi connectivity index (χ3n) is 2.11. The molecule has 2 N–H and O–H groups in total. The normalized spacial score (nSPS) is 23.1. The van der Waals surface area contributed by atoms with Gasteiger partial charge in [-0.1, -0.05) is 0 Å². The molecule has 0 saturated carbocycles. The maximum Gasteiger partial charge on any atom is 0.151 e. The van der Waals surface area contributed by atoms with E-state index in [0.29, 0.717) is 6.04 Å². The summed E-state index contributed by atoms with van der Waals surface area (Å²) < 4.78 is 0. The van der Waals surface area contributed by atoms with Gasteiger partial charge in [0.15, 0.2) is 5.82 Å². The van der Waals surface area contributed by atoms with Gasteiger partial charge in [0.25, 0.3) is 0 Å². The SMILES string of the molecule is N[C@@H]1CCN(c2cccnn2)C1. The fourth-order valence-electron chi connectivity index (χ4n) is 1.46. The summed E-state index contributed by atoms with van der Waals surface area (Å²) in [6.45, 7) is 1.90. The standard InChI is InChI=1S/C8H12N4/c9-7-3-5-12(6-7)8-2-1-4-10-11-8/h1-2,4,7H,3,5-6,9H2/t7-/m1/s1. The van der Waals surface area contributed by atoms with E-state index in [4.69, 9.17) is 5.73 Å². The fraction of sp³-hybridized carbons (Fsp3) is 0.500. The van der Waals surface area contributed by atoms with Crippen LogP contribution in [-0.4, -0.2) is 29.3 Å². The van der Waals surface area contributed by atoms with Crippen molar-refractivity contribution in [2.45, 2.75) is 12.5 Å². The van der Waals surface area contributed by atoms with Crippen LogP contribution in [0.2, 0.25) is 0 Å². The van der Waals surface area contributed by atoms with Crippen LogP contribution in [0.1, 0.15) is 6.42 Å². The first kappa shape index (κ1) is 7.49. The summed E-state index contributed by atoms with van der Waals surface area (Å²) in [5.41, 5.74) is 5.77. The van der Waals surface area contributed by atoms with Gasteiger partial charge in [0.05, 0.1) is 0 Å². The molecule has 1 saturated heterocycles. The molecular formula is C8H12N4. The first-order valence-electron chi connectivity index (χ1n) is 4.14. The number of nitrogens with zero attached hydrogens (tertiary/aromatic N) is 3. The van der Waals surface area contributed by atoms with Gasteiger partial charge in [0, 0.05) is 25.3 Å². The van der Waals surface area contributed by atoms with Crippen molar-refractivity contribution in [2.75, 3.05) is 18.0 Å². The minimum absolute atomic E-state index is 0.298. The van der Waals surface area contributed by atoms with E-state index < -0.39 is 0 Å². The number of anilines is 1. The lowest BCUT2D eigenvalue weighted by Gasteiger charge is -2.14. The molecule has 4 heteroatoms. The molecule has 1 aromatic rings. The first-order chi connectivity index (χ1) is 5.86. The van der Waals surface area contributed by atoms with Crippen molar-refractivity contribution in [3.05, 3.63) is 18.3 Å². The van der Waals surface area contributed by atoms with Crippen LogP contribution in [0.15, 0.2) is 18.3 Å². The van der Waals surface area contributed by atoms with Crippen LogP contribution in [0, 0.1) is 0 Å². The van der Waals surface area contributed by atoms with Gasteiger partial charge in [-0.2, -0.15) is 5.10 Å². The van der Waals surface area contributed by atoms with E-state index in [1.807, 2.05) is 12.1 Å². The number of hydrogen-bond donors (Lipinski definition) is 1. The van der Waals surface area contributed by atoms with Crippen LogP contribution in [0.4, 0.5) is 5.82 Å². The summed E-state index contributed by atoms with van der Waals surface area (Å²) >= 11 is 0. The van der Waals surface area contributed by atoms with Crippen molar-refractivity contribution in [2.24, 2.45) is 5.73 Å². The highest BCUT2D eigenvalue weighted by Gasteiger charge is 2.19. The molecule has 64 valence electrons. The van der Waals surface area contributed by atoms with Gasteiger partial charge in [-0.25, -0.2) is 0 Å². The van der Waals surface area contributed by atoms with Gasteiger partial charge in [0.2, 0.25) is 0 Å². The van der Waals surface area contributed by atoms with Crippen molar-refractivity contribution in [3.8, 4) is 0 Å². The molecule has 4 nitrogen and oxygen atoms in total. The molecule has 2 heterocycles. The lowest BCUT2D eigenvalue weighted by atomic mass is 10.3. The lowest BCUT2D eigenvalue weighted by molar-refractivity contribution is 0.750. The largest absolute Gasteiger partial charge is 0.354 e. The quantitative estimate of drug-likeness (QED) is 0.635. The molecule has 1 fully saturated rings. The van der Waals surface area contributed by atoms with Gasteiger partial charge in [-0.3, -0.25) is 0 Å². The van der Waals surface area contributed by atoms with E-state index in [2.05, 4.69) is 15.1 Å². The van der Waals surface area contributed by atoms with Crippen LogP contribution in [0.5, 0.6) is 0 Å². The average molecular weight is 164 g/mol. The lowest BCUT2D eigenvalue weighted by Crippen LogP contribution is -2.26. The van der Waals surface area contributed by atoms with E-state index in [-0.39, 0.29) is 0 Å². The van der Waals surface area contributed by atoms with E-state index >= 15 is 0 Å². The smallest absolute Gasteiger partial charge is 0.151 e. The maximum absolute atomic E-state index is 5.77. The van der Waals surface area contributed by atoms with Crippen LogP contribution >= 0.6 is 0 Å². The molecule has 1 atom stereocenters. The molecule has 0 aromatic carbocycles. The van der Waals surface area contributed by atoms with Crippen LogP contribution in [-0.2, 0) is 0 Å². The number of rotatable bonds is 1. The van der Waals surface area contributed by atoms with Crippen LogP contribution < -0.4 is 10.6 Å². The highest BCUT2D eigenvalue weighted by molar-refractivity contribution is 5.37. The molecule has 1 aliphatic rings. The predicted octanol–water partition coefficient (Wildman–Crippen LogP) is 0.0140. The van der Waals surface area contributed by atoms with Crippen molar-refractivity contribution in [3.63, 3.8) is 0 Å². The van der Waals surface area contributed by atoms with E-state index in [0.717, 1.165) is 25.3 Å². The number of nitrogens with two attached hydrogens (primary N) is 1. The molecule has 1 aliphatic heterocycles. The number of hydrogen-bond acceptors (Lipinski definition) is 4. The summed E-state index contributed by atoms with van der Waals surface area (Å²) in [6.07, 6.45) is 2.73. The fourth-order valence-corrected chi connectivity index (χ4v) is 1.46. The van der Waals surface area contributed by atoms with Crippen LogP contribution in [0.3, 0.4) is 0 Å². The Morgan fingerprint density at radius 2 is 2.50 bits per heavy atom. The Morgan fingerprint density at radius 3 is 3.08 bits per heavy atom. The Balaban J connectivity index is 2.11. The van der Waals surface area contributed by atoms with Gasteiger partial charge in [-0.05, 0) is 18.6 Å². The van der Waals surface area contributed by atoms with E-state index in [1.165, 1.54) is 0 Å². The first-order valence-corrected chi connectivity index (χ1v) is 4.14. The molecule has 0 aliphatic carbocycles. The Kier molecular flexibility index (Phi) is 1.91. The van der Waals surface area contributed by atoms with E-state index in [1.54, 1.807) is 6.20 Å². The molecular weight excluding hydrogens is 152 g/mol. The molecule has 0 bridgehead atoms. The third-order valence-corrected chi connectivity index (χ3v) is 2.11. The van der Waals surface area contributed by atoms with Crippen molar-refractivity contribution in [1.82, 2.24) is 10.2 Å². The highest BCUT2D eigenvalue weighted by Crippen LogP contribution is 2.14. The summed E-state index contributed by atoms with van der Waals surface area (Å²) in [4.78, 5) is 2.16. The third kappa shape index (κ3) is 1.38. The second-order valence-corrected chi connectivity index (χ2v) is 3.08. The number of aromatic nitrogens is 2. The zero-order chi connectivity index (χ0) is 8.39. The van der Waals surface area contributed by atoms with Crippen LogP contribution in [0.25, 0.3) is 0 Å². The van der Waals surface area contributed by atoms with Gasteiger partial charge < -0.3 is 10.6 Å². The Labute approximate surface area is 71.4 Å². The zero-order valence-corrected chi connectivity index (χ0v) is 6.85. The predicted molar refractivity (Wildman–Crippen MR) is 46.8 cm³/mol. The zero-order valence-electron chi connectivity index (χ0n) is 6.85. The molecule has 0 unspecified atom stereocenters. The summed E-state index contributed by atoms with van der Waals surface area (Å²) in [5.74, 6) is 0.936. The molecule has 2 rings (SSSR count). The van der Waals surface area contributed by atoms with Gasteiger partial charge >= 0.3 is 0 Å². The Morgan fingerprint density at radius 1 is 1.58 bits per heavy atom. The molecule has 0 spiro atoms. The second kappa shape index (κ2) is 3.06. The van der Waals surface area contributed by atoms with Crippen molar-refractivity contribution >= 4 is 5.82 Å². The Bertz CT molecular complexity index is 248. The van der Waals surface area contributed by atoms with Gasteiger partial charge in [0.1, 0.15) is 0 Å².